The van der Waals surface area contributed by atoms with Crippen molar-refractivity contribution >= 4 is 11.9 Å². The molecule has 1 aromatic carbocycles. The number of ether oxygens (including phenoxy) is 3. The van der Waals surface area contributed by atoms with E-state index in [2.05, 4.69) is 0 Å². The van der Waals surface area contributed by atoms with Crippen molar-refractivity contribution in [3.05, 3.63) is 29.8 Å². The molecule has 0 saturated carbocycles. The van der Waals surface area contributed by atoms with E-state index in [0.29, 0.717) is 19.4 Å². The first-order valence-corrected chi connectivity index (χ1v) is 9.10. The van der Waals surface area contributed by atoms with Crippen LogP contribution < -0.4 is 4.74 Å². The van der Waals surface area contributed by atoms with Crippen molar-refractivity contribution in [2.75, 3.05) is 13.7 Å². The largest absolute Gasteiger partial charge is 0.496 e. The van der Waals surface area contributed by atoms with Crippen LogP contribution >= 0.6 is 0 Å². The topological polar surface area (TPSA) is 61.8 Å². The van der Waals surface area contributed by atoms with Crippen molar-refractivity contribution in [3.63, 3.8) is 0 Å². The van der Waals surface area contributed by atoms with E-state index in [9.17, 15) is 9.59 Å². The van der Waals surface area contributed by atoms with Crippen molar-refractivity contribution in [2.24, 2.45) is 0 Å². The first-order chi connectivity index (χ1) is 12.2. The fraction of sp³-hybridized carbons (Fsp3) is 0.600. The molecule has 140 valence electrons. The van der Waals surface area contributed by atoms with E-state index >= 15 is 0 Å². The van der Waals surface area contributed by atoms with Gasteiger partial charge in [-0.2, -0.15) is 0 Å². The van der Waals surface area contributed by atoms with Gasteiger partial charge in [-0.05, 0) is 25.8 Å². The van der Waals surface area contributed by atoms with Crippen LogP contribution in [0.15, 0.2) is 24.3 Å². The van der Waals surface area contributed by atoms with Gasteiger partial charge in [0.15, 0.2) is 0 Å². The molecular weight excluding hydrogens is 320 g/mol. The van der Waals surface area contributed by atoms with Crippen LogP contribution in [-0.4, -0.2) is 25.7 Å². The van der Waals surface area contributed by atoms with Gasteiger partial charge in [0.05, 0.1) is 13.7 Å². The summed E-state index contributed by atoms with van der Waals surface area (Å²) in [5, 5.41) is 0. The van der Waals surface area contributed by atoms with Gasteiger partial charge >= 0.3 is 11.9 Å². The fourth-order valence-corrected chi connectivity index (χ4v) is 2.53. The summed E-state index contributed by atoms with van der Waals surface area (Å²) in [6.45, 7) is 2.52. The minimum absolute atomic E-state index is 0.111. The highest BCUT2D eigenvalue weighted by molar-refractivity contribution is 5.69. The van der Waals surface area contributed by atoms with Gasteiger partial charge in [0.2, 0.25) is 0 Å². The number of hydrogen-bond donors (Lipinski definition) is 0. The van der Waals surface area contributed by atoms with Crippen molar-refractivity contribution in [1.29, 1.82) is 0 Å². The molecule has 0 aliphatic carbocycles. The quantitative estimate of drug-likeness (QED) is 0.389. The number of para-hydroxylation sites is 1. The van der Waals surface area contributed by atoms with Gasteiger partial charge in [0.25, 0.3) is 0 Å². The van der Waals surface area contributed by atoms with Crippen molar-refractivity contribution in [2.45, 2.75) is 64.9 Å². The Kier molecular flexibility index (Phi) is 11.2. The van der Waals surface area contributed by atoms with Crippen molar-refractivity contribution in [1.82, 2.24) is 0 Å². The van der Waals surface area contributed by atoms with Gasteiger partial charge in [-0.3, -0.25) is 9.59 Å². The molecule has 0 amide bonds. The van der Waals surface area contributed by atoms with Gasteiger partial charge in [-0.15, -0.1) is 0 Å². The monoisotopic (exact) mass is 350 g/mol. The number of carbonyl (C=O) groups excluding carboxylic acids is 2. The predicted molar refractivity (Wildman–Crippen MR) is 96.4 cm³/mol. The molecule has 5 nitrogen and oxygen atoms in total. The molecule has 0 atom stereocenters. The summed E-state index contributed by atoms with van der Waals surface area (Å²) in [5.74, 6) is 0.451. The third kappa shape index (κ3) is 9.75. The maximum absolute atomic E-state index is 11.8. The highest BCUT2D eigenvalue weighted by Gasteiger charge is 2.07. The molecule has 1 aromatic rings. The van der Waals surface area contributed by atoms with E-state index in [-0.39, 0.29) is 18.5 Å². The van der Waals surface area contributed by atoms with Crippen LogP contribution in [0.1, 0.15) is 63.9 Å². The van der Waals surface area contributed by atoms with Crippen LogP contribution in [0.4, 0.5) is 0 Å². The Morgan fingerprint density at radius 3 is 2.00 bits per heavy atom. The zero-order valence-electron chi connectivity index (χ0n) is 15.4. The summed E-state index contributed by atoms with van der Waals surface area (Å²) in [4.78, 5) is 22.9. The summed E-state index contributed by atoms with van der Waals surface area (Å²) >= 11 is 0. The summed E-state index contributed by atoms with van der Waals surface area (Å²) < 4.78 is 15.4. The molecule has 0 N–H and O–H groups in total. The summed E-state index contributed by atoms with van der Waals surface area (Å²) in [6.07, 6.45) is 6.84. The van der Waals surface area contributed by atoms with Gasteiger partial charge in [-0.25, -0.2) is 0 Å². The zero-order chi connectivity index (χ0) is 18.3. The summed E-state index contributed by atoms with van der Waals surface area (Å²) in [5.41, 5.74) is 0.875. The molecule has 25 heavy (non-hydrogen) atoms. The maximum Gasteiger partial charge on any atom is 0.306 e. The second-order valence-corrected chi connectivity index (χ2v) is 5.90. The maximum atomic E-state index is 11.8. The predicted octanol–water partition coefficient (Wildman–Crippen LogP) is 4.42. The summed E-state index contributed by atoms with van der Waals surface area (Å²) in [7, 11) is 1.60. The number of rotatable bonds is 13. The van der Waals surface area contributed by atoms with Gasteiger partial charge in [0, 0.05) is 18.4 Å². The van der Waals surface area contributed by atoms with E-state index in [1.807, 2.05) is 31.2 Å². The van der Waals surface area contributed by atoms with Crippen LogP contribution in [0.5, 0.6) is 5.75 Å². The number of methoxy groups -OCH3 is 1. The minimum atomic E-state index is -0.173. The minimum Gasteiger partial charge on any atom is -0.496 e. The average Bonchev–Trinajstić information content (AvgIpc) is 2.62. The Morgan fingerprint density at radius 1 is 0.840 bits per heavy atom. The number of carbonyl (C=O) groups is 2. The van der Waals surface area contributed by atoms with Crippen LogP contribution in [0.25, 0.3) is 0 Å². The number of hydrogen-bond acceptors (Lipinski definition) is 5. The lowest BCUT2D eigenvalue weighted by atomic mass is 10.1. The molecule has 0 aromatic heterocycles. The van der Waals surface area contributed by atoms with E-state index in [1.54, 1.807) is 7.11 Å². The van der Waals surface area contributed by atoms with Crippen LogP contribution in [-0.2, 0) is 25.7 Å². The molecule has 0 spiro atoms. The zero-order valence-corrected chi connectivity index (χ0v) is 15.4. The molecular formula is C20H30O5. The molecule has 0 heterocycles. The van der Waals surface area contributed by atoms with Crippen molar-refractivity contribution in [3.8, 4) is 5.75 Å². The smallest absolute Gasteiger partial charge is 0.306 e. The van der Waals surface area contributed by atoms with E-state index in [0.717, 1.165) is 49.8 Å². The Hall–Kier alpha value is -2.04. The van der Waals surface area contributed by atoms with E-state index < -0.39 is 0 Å². The molecule has 0 unspecified atom stereocenters. The second-order valence-electron chi connectivity index (χ2n) is 5.90. The fourth-order valence-electron chi connectivity index (χ4n) is 2.53. The van der Waals surface area contributed by atoms with Crippen LogP contribution in [0, 0.1) is 0 Å². The number of benzene rings is 1. The molecule has 1 rings (SSSR count). The molecule has 5 heteroatoms. The third-order valence-corrected chi connectivity index (χ3v) is 3.90. The first kappa shape index (κ1) is 21.0. The van der Waals surface area contributed by atoms with Crippen LogP contribution in [0.3, 0.4) is 0 Å². The normalized spacial score (nSPS) is 10.3. The molecule has 0 fully saturated rings. The first-order valence-electron chi connectivity index (χ1n) is 9.10. The SMILES string of the molecule is CCOC(=O)CCCCCCCCC(=O)OCc1ccccc1OC. The number of unbranched alkanes of at least 4 members (excludes halogenated alkanes) is 5. The van der Waals surface area contributed by atoms with Gasteiger partial charge < -0.3 is 14.2 Å². The Balaban J connectivity index is 2.01. The number of esters is 2. The average molecular weight is 350 g/mol. The Morgan fingerprint density at radius 2 is 1.40 bits per heavy atom. The van der Waals surface area contributed by atoms with Gasteiger partial charge in [-0.1, -0.05) is 43.9 Å². The summed E-state index contributed by atoms with van der Waals surface area (Å²) in [6, 6.07) is 7.53. The highest BCUT2D eigenvalue weighted by atomic mass is 16.5. The Labute approximate surface area is 150 Å². The van der Waals surface area contributed by atoms with E-state index in [4.69, 9.17) is 14.2 Å². The lowest BCUT2D eigenvalue weighted by Crippen LogP contribution is -2.05. The van der Waals surface area contributed by atoms with Crippen molar-refractivity contribution < 1.29 is 23.8 Å². The van der Waals surface area contributed by atoms with E-state index in [1.165, 1.54) is 0 Å². The molecule has 0 saturated heterocycles. The molecule has 0 aliphatic heterocycles. The lowest BCUT2D eigenvalue weighted by Gasteiger charge is -2.09. The lowest BCUT2D eigenvalue weighted by molar-refractivity contribution is -0.145. The standard InChI is InChI=1S/C20H30O5/c1-3-24-19(21)14-8-6-4-5-7-9-15-20(22)25-16-17-12-10-11-13-18(17)23-2/h10-13H,3-9,14-16H2,1-2H3. The molecule has 0 radical (unpaired) electrons. The van der Waals surface area contributed by atoms with Crippen LogP contribution in [0.2, 0.25) is 0 Å². The Bertz CT molecular complexity index is 513. The van der Waals surface area contributed by atoms with Gasteiger partial charge in [0.1, 0.15) is 12.4 Å². The highest BCUT2D eigenvalue weighted by Crippen LogP contribution is 2.18. The molecule has 0 bridgehead atoms. The molecule has 0 aliphatic rings. The second kappa shape index (κ2) is 13.3. The third-order valence-electron chi connectivity index (χ3n) is 3.90.